The molecule has 1 unspecified atom stereocenters. The van der Waals surface area contributed by atoms with E-state index in [4.69, 9.17) is 0 Å². The van der Waals surface area contributed by atoms with E-state index >= 15 is 0 Å². The summed E-state index contributed by atoms with van der Waals surface area (Å²) in [4.78, 5) is 7.92. The first-order valence-electron chi connectivity index (χ1n) is 4.50. The lowest BCUT2D eigenvalue weighted by Gasteiger charge is -2.05. The second-order valence-corrected chi connectivity index (χ2v) is 5.22. The van der Waals surface area contributed by atoms with Crippen molar-refractivity contribution < 1.29 is 18.3 Å². The third kappa shape index (κ3) is 2.48. The van der Waals surface area contributed by atoms with Crippen LogP contribution in [0.3, 0.4) is 0 Å². The predicted octanol–water partition coefficient (Wildman–Crippen LogP) is 3.01. The van der Waals surface area contributed by atoms with Crippen LogP contribution in [0, 0.1) is 6.92 Å². The number of nitrogens with zero attached hydrogens (tertiary/aromatic N) is 2. The number of aromatic nitrogens is 2. The van der Waals surface area contributed by atoms with Crippen LogP contribution < -0.4 is 0 Å². The molecule has 3 nitrogen and oxygen atoms in total. The molecular weight excluding hydrogens is 273 g/mol. The molecule has 92 valence electrons. The van der Waals surface area contributed by atoms with Gasteiger partial charge in [-0.1, -0.05) is 0 Å². The molecule has 1 N–H and O–H groups in total. The van der Waals surface area contributed by atoms with Crippen molar-refractivity contribution >= 4 is 22.7 Å². The second-order valence-electron chi connectivity index (χ2n) is 3.27. The molecule has 2 aromatic heterocycles. The summed E-state index contributed by atoms with van der Waals surface area (Å²) in [6.07, 6.45) is -4.50. The van der Waals surface area contributed by atoms with Gasteiger partial charge in [-0.15, -0.1) is 22.7 Å². The molecule has 0 aliphatic rings. The molecule has 2 rings (SSSR count). The van der Waals surface area contributed by atoms with Crippen LogP contribution in [-0.4, -0.2) is 15.1 Å². The van der Waals surface area contributed by atoms with Crippen LogP contribution >= 0.6 is 22.7 Å². The number of thiazole rings is 2. The lowest BCUT2D eigenvalue weighted by molar-refractivity contribution is -0.137. The van der Waals surface area contributed by atoms with Crippen molar-refractivity contribution in [3.05, 3.63) is 32.2 Å². The molecule has 2 aromatic rings. The molecule has 0 aromatic carbocycles. The number of hydrogen-bond acceptors (Lipinski definition) is 5. The highest BCUT2D eigenvalue weighted by Gasteiger charge is 2.35. The van der Waals surface area contributed by atoms with Crippen LogP contribution in [0.15, 0.2) is 11.7 Å². The van der Waals surface area contributed by atoms with Crippen molar-refractivity contribution in [2.45, 2.75) is 19.2 Å². The standard InChI is InChI=1S/C9H7F3N2OS2/c1-4-7(16-3-14-4)6(15)5-2-13-8(17-5)9(10,11)12/h2-3,6,15H,1H3. The minimum atomic E-state index is -4.47. The first-order valence-corrected chi connectivity index (χ1v) is 6.20. The van der Waals surface area contributed by atoms with Gasteiger partial charge in [0.2, 0.25) is 0 Å². The van der Waals surface area contributed by atoms with Crippen molar-refractivity contribution in [1.82, 2.24) is 9.97 Å². The zero-order valence-electron chi connectivity index (χ0n) is 8.52. The number of rotatable bonds is 2. The summed E-state index contributed by atoms with van der Waals surface area (Å²) in [5.74, 6) is 0. The maximum atomic E-state index is 12.3. The average Bonchev–Trinajstić information content (AvgIpc) is 2.83. The molecule has 0 fully saturated rings. The summed E-state index contributed by atoms with van der Waals surface area (Å²) in [7, 11) is 0. The Bertz CT molecular complexity index is 520. The van der Waals surface area contributed by atoms with Crippen LogP contribution in [-0.2, 0) is 6.18 Å². The molecule has 1 atom stereocenters. The topological polar surface area (TPSA) is 46.0 Å². The van der Waals surface area contributed by atoms with E-state index in [1.54, 1.807) is 12.4 Å². The van der Waals surface area contributed by atoms with E-state index in [0.717, 1.165) is 6.20 Å². The van der Waals surface area contributed by atoms with Gasteiger partial charge in [-0.05, 0) is 6.92 Å². The molecule has 0 radical (unpaired) electrons. The normalized spacial score (nSPS) is 13.9. The number of aliphatic hydroxyl groups is 1. The molecule has 0 aliphatic heterocycles. The largest absolute Gasteiger partial charge is 0.443 e. The van der Waals surface area contributed by atoms with Gasteiger partial charge in [-0.25, -0.2) is 9.97 Å². The highest BCUT2D eigenvalue weighted by atomic mass is 32.1. The van der Waals surface area contributed by atoms with Gasteiger partial charge in [0, 0.05) is 6.20 Å². The van der Waals surface area contributed by atoms with Gasteiger partial charge in [0.15, 0.2) is 5.01 Å². The molecule has 17 heavy (non-hydrogen) atoms. The van der Waals surface area contributed by atoms with E-state index in [9.17, 15) is 18.3 Å². The summed E-state index contributed by atoms with van der Waals surface area (Å²) in [5.41, 5.74) is 2.16. The van der Waals surface area contributed by atoms with Crippen molar-refractivity contribution in [3.8, 4) is 0 Å². The summed E-state index contributed by atoms with van der Waals surface area (Å²) in [6.45, 7) is 1.70. The van der Waals surface area contributed by atoms with Crippen molar-refractivity contribution in [2.24, 2.45) is 0 Å². The van der Waals surface area contributed by atoms with Crippen LogP contribution in [0.25, 0.3) is 0 Å². The maximum absolute atomic E-state index is 12.3. The lowest BCUT2D eigenvalue weighted by atomic mass is 10.2. The number of hydrogen-bond donors (Lipinski definition) is 1. The quantitative estimate of drug-likeness (QED) is 0.919. The Morgan fingerprint density at radius 2 is 2.06 bits per heavy atom. The first kappa shape index (κ1) is 12.5. The molecule has 0 amide bonds. The SMILES string of the molecule is Cc1ncsc1C(O)c1cnc(C(F)(F)F)s1. The van der Waals surface area contributed by atoms with E-state index in [-0.39, 0.29) is 4.88 Å². The minimum absolute atomic E-state index is 0.171. The van der Waals surface area contributed by atoms with Gasteiger partial charge >= 0.3 is 6.18 Å². The molecular formula is C9H7F3N2OS2. The Morgan fingerprint density at radius 3 is 2.53 bits per heavy atom. The zero-order chi connectivity index (χ0) is 12.6. The zero-order valence-corrected chi connectivity index (χ0v) is 10.2. The highest BCUT2D eigenvalue weighted by molar-refractivity contribution is 7.12. The van der Waals surface area contributed by atoms with E-state index in [2.05, 4.69) is 9.97 Å². The smallest absolute Gasteiger partial charge is 0.382 e. The van der Waals surface area contributed by atoms with Gasteiger partial charge < -0.3 is 5.11 Å². The lowest BCUT2D eigenvalue weighted by Crippen LogP contribution is -2.03. The summed E-state index contributed by atoms with van der Waals surface area (Å²) >= 11 is 1.65. The number of aliphatic hydroxyl groups excluding tert-OH is 1. The van der Waals surface area contributed by atoms with E-state index in [0.29, 0.717) is 21.9 Å². The Morgan fingerprint density at radius 1 is 1.35 bits per heavy atom. The fourth-order valence-electron chi connectivity index (χ4n) is 1.25. The average molecular weight is 280 g/mol. The van der Waals surface area contributed by atoms with E-state index in [1.165, 1.54) is 11.3 Å². The highest BCUT2D eigenvalue weighted by Crippen LogP contribution is 2.37. The Labute approximate surface area is 103 Å². The Hall–Kier alpha value is -0.990. The molecule has 0 saturated heterocycles. The number of aryl methyl sites for hydroxylation is 1. The second kappa shape index (κ2) is 4.35. The third-order valence-corrected chi connectivity index (χ3v) is 4.14. The summed E-state index contributed by atoms with van der Waals surface area (Å²) in [5, 5.41) is 8.96. The Balaban J connectivity index is 2.30. The van der Waals surface area contributed by atoms with Gasteiger partial charge in [0.05, 0.1) is 21.0 Å². The van der Waals surface area contributed by atoms with E-state index < -0.39 is 17.3 Å². The molecule has 0 spiro atoms. The number of alkyl halides is 3. The van der Waals surface area contributed by atoms with Gasteiger partial charge in [0.1, 0.15) is 6.10 Å². The fourth-order valence-corrected chi connectivity index (χ4v) is 2.90. The third-order valence-electron chi connectivity index (χ3n) is 2.07. The summed E-state index contributed by atoms with van der Waals surface area (Å²) < 4.78 is 37.0. The molecule has 0 bridgehead atoms. The van der Waals surface area contributed by atoms with Crippen molar-refractivity contribution in [3.63, 3.8) is 0 Å². The van der Waals surface area contributed by atoms with Gasteiger partial charge in [0.25, 0.3) is 0 Å². The van der Waals surface area contributed by atoms with Gasteiger partial charge in [-0.2, -0.15) is 13.2 Å². The van der Waals surface area contributed by atoms with Crippen LogP contribution in [0.1, 0.15) is 26.6 Å². The first-order chi connectivity index (χ1) is 7.89. The van der Waals surface area contributed by atoms with E-state index in [1.807, 2.05) is 0 Å². The van der Waals surface area contributed by atoms with Crippen LogP contribution in [0.2, 0.25) is 0 Å². The van der Waals surface area contributed by atoms with Crippen LogP contribution in [0.5, 0.6) is 0 Å². The molecule has 0 aliphatic carbocycles. The molecule has 0 saturated carbocycles. The van der Waals surface area contributed by atoms with Crippen LogP contribution in [0.4, 0.5) is 13.2 Å². The molecule has 2 heterocycles. The minimum Gasteiger partial charge on any atom is -0.382 e. The predicted molar refractivity (Wildman–Crippen MR) is 58.0 cm³/mol. The fraction of sp³-hybridized carbons (Fsp3) is 0.333. The number of halogens is 3. The maximum Gasteiger partial charge on any atom is 0.443 e. The van der Waals surface area contributed by atoms with Crippen molar-refractivity contribution in [1.29, 1.82) is 0 Å². The van der Waals surface area contributed by atoms with Gasteiger partial charge in [-0.3, -0.25) is 0 Å². The Kier molecular flexibility index (Phi) is 3.19. The van der Waals surface area contributed by atoms with Crippen molar-refractivity contribution in [2.75, 3.05) is 0 Å². The monoisotopic (exact) mass is 280 g/mol. The molecule has 8 heteroatoms. The summed E-state index contributed by atoms with van der Waals surface area (Å²) in [6, 6.07) is 0.